The van der Waals surface area contributed by atoms with Gasteiger partial charge in [-0.2, -0.15) is 13.2 Å². The van der Waals surface area contributed by atoms with Crippen LogP contribution in [-0.4, -0.2) is 17.1 Å². The Balaban J connectivity index is 2.66. The van der Waals surface area contributed by atoms with Crippen molar-refractivity contribution in [1.82, 2.24) is 0 Å². The van der Waals surface area contributed by atoms with Crippen LogP contribution in [0.3, 0.4) is 0 Å². The van der Waals surface area contributed by atoms with E-state index in [1.807, 2.05) is 0 Å². The molecule has 1 rings (SSSR count). The highest BCUT2D eigenvalue weighted by atomic mass is 19.4. The maximum atomic E-state index is 12.4. The maximum Gasteiger partial charge on any atom is 0.389 e. The van der Waals surface area contributed by atoms with Gasteiger partial charge in [-0.1, -0.05) is 20.8 Å². The van der Waals surface area contributed by atoms with Crippen LogP contribution in [0.5, 0.6) is 0 Å². The highest BCUT2D eigenvalue weighted by Crippen LogP contribution is 2.38. The lowest BCUT2D eigenvalue weighted by atomic mass is 9.72. The standard InChI is InChI=1S/C16H25F3O2/c1-4-11(10-16(17,18)19)13(20)9-14(21)12-5-7-15(2,3)8-6-12/h9,11-12,20H,4-8,10H2,1-3H3/b13-9-. The van der Waals surface area contributed by atoms with Crippen molar-refractivity contribution in [3.63, 3.8) is 0 Å². The molecule has 0 aromatic rings. The molecule has 1 aliphatic rings. The van der Waals surface area contributed by atoms with Gasteiger partial charge in [0, 0.05) is 17.9 Å². The molecule has 0 heterocycles. The van der Waals surface area contributed by atoms with Crippen LogP contribution in [0.15, 0.2) is 11.8 Å². The number of aliphatic hydroxyl groups is 1. The average molecular weight is 306 g/mol. The lowest BCUT2D eigenvalue weighted by molar-refractivity contribution is -0.144. The molecule has 0 aromatic carbocycles. The molecule has 5 heteroatoms. The first kappa shape index (κ1) is 18.1. The Labute approximate surface area is 124 Å². The molecule has 21 heavy (non-hydrogen) atoms. The normalized spacial score (nSPS) is 22.1. The highest BCUT2D eigenvalue weighted by Gasteiger charge is 2.34. The van der Waals surface area contributed by atoms with Crippen molar-refractivity contribution >= 4 is 5.78 Å². The molecule has 1 aliphatic carbocycles. The summed E-state index contributed by atoms with van der Waals surface area (Å²) in [6, 6.07) is 0. The van der Waals surface area contributed by atoms with E-state index in [2.05, 4.69) is 13.8 Å². The Morgan fingerprint density at radius 1 is 1.33 bits per heavy atom. The molecule has 0 bridgehead atoms. The molecular weight excluding hydrogens is 281 g/mol. The summed E-state index contributed by atoms with van der Waals surface area (Å²) in [5, 5.41) is 9.82. The van der Waals surface area contributed by atoms with Gasteiger partial charge in [-0.05, 0) is 37.5 Å². The van der Waals surface area contributed by atoms with Crippen molar-refractivity contribution < 1.29 is 23.1 Å². The number of rotatable bonds is 5. The fourth-order valence-electron chi connectivity index (χ4n) is 2.80. The third-order valence-corrected chi connectivity index (χ3v) is 4.42. The molecule has 0 spiro atoms. The minimum atomic E-state index is -4.33. The summed E-state index contributed by atoms with van der Waals surface area (Å²) in [5.74, 6) is -1.84. The first-order chi connectivity index (χ1) is 9.54. The Hall–Kier alpha value is -1.00. The number of alkyl halides is 3. The molecule has 0 amide bonds. The minimum absolute atomic E-state index is 0.160. The Morgan fingerprint density at radius 2 is 1.86 bits per heavy atom. The van der Waals surface area contributed by atoms with Crippen LogP contribution < -0.4 is 0 Å². The third kappa shape index (κ3) is 6.10. The zero-order chi connectivity index (χ0) is 16.3. The lowest BCUT2D eigenvalue weighted by Crippen LogP contribution is -2.26. The van der Waals surface area contributed by atoms with E-state index < -0.39 is 24.3 Å². The van der Waals surface area contributed by atoms with Crippen LogP contribution in [-0.2, 0) is 4.79 Å². The first-order valence-corrected chi connectivity index (χ1v) is 7.55. The smallest absolute Gasteiger partial charge is 0.389 e. The fraction of sp³-hybridized carbons (Fsp3) is 0.812. The number of carbonyl (C=O) groups excluding carboxylic acids is 1. The summed E-state index contributed by atoms with van der Waals surface area (Å²) in [4.78, 5) is 12.1. The van der Waals surface area contributed by atoms with Gasteiger partial charge in [-0.3, -0.25) is 4.79 Å². The van der Waals surface area contributed by atoms with E-state index >= 15 is 0 Å². The van der Waals surface area contributed by atoms with E-state index in [0.29, 0.717) is 0 Å². The van der Waals surface area contributed by atoms with Gasteiger partial charge in [0.05, 0.1) is 12.2 Å². The number of carbonyl (C=O) groups is 1. The molecule has 122 valence electrons. The highest BCUT2D eigenvalue weighted by molar-refractivity contribution is 5.92. The van der Waals surface area contributed by atoms with Crippen LogP contribution in [0.1, 0.15) is 59.3 Å². The monoisotopic (exact) mass is 306 g/mol. The summed E-state index contributed by atoms with van der Waals surface area (Å²) in [7, 11) is 0. The molecule has 0 saturated heterocycles. The van der Waals surface area contributed by atoms with Gasteiger partial charge >= 0.3 is 6.18 Å². The number of hydrogen-bond acceptors (Lipinski definition) is 2. The van der Waals surface area contributed by atoms with Crippen LogP contribution in [0.4, 0.5) is 13.2 Å². The summed E-state index contributed by atoms with van der Waals surface area (Å²) < 4.78 is 37.2. The van der Waals surface area contributed by atoms with Gasteiger partial charge in [-0.25, -0.2) is 0 Å². The fourth-order valence-corrected chi connectivity index (χ4v) is 2.80. The van der Waals surface area contributed by atoms with E-state index in [-0.39, 0.29) is 23.5 Å². The second kappa shape index (κ2) is 6.84. The van der Waals surface area contributed by atoms with Crippen LogP contribution in [0, 0.1) is 17.3 Å². The molecule has 0 radical (unpaired) electrons. The predicted octanol–water partition coefficient (Wildman–Crippen LogP) is 5.19. The molecule has 1 saturated carbocycles. The lowest BCUT2D eigenvalue weighted by Gasteiger charge is -2.33. The van der Waals surface area contributed by atoms with E-state index in [9.17, 15) is 23.1 Å². The number of aliphatic hydroxyl groups excluding tert-OH is 1. The summed E-state index contributed by atoms with van der Waals surface area (Å²) in [6.45, 7) is 5.88. The summed E-state index contributed by atoms with van der Waals surface area (Å²) >= 11 is 0. The second-order valence-electron chi connectivity index (χ2n) is 6.83. The van der Waals surface area contributed by atoms with Crippen molar-refractivity contribution in [1.29, 1.82) is 0 Å². The van der Waals surface area contributed by atoms with E-state index in [1.54, 1.807) is 6.92 Å². The molecule has 1 N–H and O–H groups in total. The second-order valence-corrected chi connectivity index (χ2v) is 6.83. The van der Waals surface area contributed by atoms with Gasteiger partial charge in [0.25, 0.3) is 0 Å². The average Bonchev–Trinajstić information content (AvgIpc) is 2.34. The largest absolute Gasteiger partial charge is 0.512 e. The molecular formula is C16H25F3O2. The maximum absolute atomic E-state index is 12.4. The van der Waals surface area contributed by atoms with Gasteiger partial charge in [0.2, 0.25) is 0 Å². The van der Waals surface area contributed by atoms with Crippen LogP contribution in [0.2, 0.25) is 0 Å². The van der Waals surface area contributed by atoms with Gasteiger partial charge < -0.3 is 5.11 Å². The minimum Gasteiger partial charge on any atom is -0.512 e. The molecule has 1 fully saturated rings. The van der Waals surface area contributed by atoms with Crippen molar-refractivity contribution in [3.8, 4) is 0 Å². The van der Waals surface area contributed by atoms with Crippen molar-refractivity contribution in [3.05, 3.63) is 11.8 Å². The van der Waals surface area contributed by atoms with Gasteiger partial charge in [0.15, 0.2) is 5.78 Å². The van der Waals surface area contributed by atoms with Crippen molar-refractivity contribution in [2.24, 2.45) is 17.3 Å². The van der Waals surface area contributed by atoms with Gasteiger partial charge in [-0.15, -0.1) is 0 Å². The number of allylic oxidation sites excluding steroid dienone is 2. The number of ketones is 1. The quantitative estimate of drug-likeness (QED) is 0.560. The molecule has 1 atom stereocenters. The Morgan fingerprint density at radius 3 is 2.29 bits per heavy atom. The SMILES string of the molecule is CCC(CC(F)(F)F)/C(O)=C/C(=O)C1CCC(C)(C)CC1. The Kier molecular flexibility index (Phi) is 5.88. The molecule has 2 nitrogen and oxygen atoms in total. The number of hydrogen-bond donors (Lipinski definition) is 1. The third-order valence-electron chi connectivity index (χ3n) is 4.42. The van der Waals surface area contributed by atoms with E-state index in [1.165, 1.54) is 0 Å². The summed E-state index contributed by atoms with van der Waals surface area (Å²) in [6.07, 6.45) is -0.889. The first-order valence-electron chi connectivity index (χ1n) is 7.55. The van der Waals surface area contributed by atoms with Crippen LogP contribution >= 0.6 is 0 Å². The molecule has 0 aromatic heterocycles. The predicted molar refractivity (Wildman–Crippen MR) is 75.9 cm³/mol. The van der Waals surface area contributed by atoms with Crippen LogP contribution in [0.25, 0.3) is 0 Å². The van der Waals surface area contributed by atoms with Crippen molar-refractivity contribution in [2.75, 3.05) is 0 Å². The summed E-state index contributed by atoms with van der Waals surface area (Å²) in [5.41, 5.74) is 0.227. The topological polar surface area (TPSA) is 37.3 Å². The Bertz CT molecular complexity index is 387. The molecule has 1 unspecified atom stereocenters. The zero-order valence-electron chi connectivity index (χ0n) is 13.0. The zero-order valence-corrected chi connectivity index (χ0v) is 13.0. The van der Waals surface area contributed by atoms with Crippen molar-refractivity contribution in [2.45, 2.75) is 65.5 Å². The van der Waals surface area contributed by atoms with E-state index in [0.717, 1.165) is 31.8 Å². The number of halogens is 3. The molecule has 0 aliphatic heterocycles. The van der Waals surface area contributed by atoms with E-state index in [4.69, 9.17) is 0 Å². The van der Waals surface area contributed by atoms with Gasteiger partial charge in [0.1, 0.15) is 0 Å².